The van der Waals surface area contributed by atoms with Crippen LogP contribution >= 0.6 is 12.2 Å². The number of Topliss-reactive ketones (excluding diaryl/α,β-unsaturated/α-hetero) is 1. The van der Waals surface area contributed by atoms with Crippen LogP contribution in [0.5, 0.6) is 0 Å². The summed E-state index contributed by atoms with van der Waals surface area (Å²) >= 11 is 5.63. The van der Waals surface area contributed by atoms with Gasteiger partial charge < -0.3 is 20.5 Å². The molecule has 0 bridgehead atoms. The molecule has 0 amide bonds. The number of nitrogens with two attached hydrogens (primary N) is 1. The summed E-state index contributed by atoms with van der Waals surface area (Å²) in [6.07, 6.45) is -0.507. The highest BCUT2D eigenvalue weighted by Crippen LogP contribution is 2.33. The van der Waals surface area contributed by atoms with Crippen LogP contribution in [-0.2, 0) is 30.5 Å². The first-order valence-electron chi connectivity index (χ1n) is 13.9. The first-order valence-corrected chi connectivity index (χ1v) is 14.3. The maximum atomic E-state index is 13.8. The number of rotatable bonds is 13. The molecule has 0 aliphatic carbocycles. The molecule has 2 atom stereocenters. The summed E-state index contributed by atoms with van der Waals surface area (Å²) in [4.78, 5) is 19.6. The van der Waals surface area contributed by atoms with Crippen molar-refractivity contribution in [1.82, 2.24) is 19.8 Å². The van der Waals surface area contributed by atoms with E-state index in [1.165, 1.54) is 17.0 Å². The summed E-state index contributed by atoms with van der Waals surface area (Å²) in [6.45, 7) is 6.54. The molecule has 0 saturated heterocycles. The fourth-order valence-corrected chi connectivity index (χ4v) is 5.16. The smallest absolute Gasteiger partial charge is 0.363 e. The lowest BCUT2D eigenvalue weighted by Gasteiger charge is -2.38. The van der Waals surface area contributed by atoms with Gasteiger partial charge >= 0.3 is 6.18 Å². The van der Waals surface area contributed by atoms with Gasteiger partial charge in [-0.05, 0) is 53.9 Å². The summed E-state index contributed by atoms with van der Waals surface area (Å²) in [6, 6.07) is 14.6. The average molecular weight is 599 g/mol. The molecule has 0 fully saturated rings. The molecule has 1 heterocycles. The lowest BCUT2D eigenvalue weighted by Crippen LogP contribution is -2.56. The van der Waals surface area contributed by atoms with E-state index in [2.05, 4.69) is 16.4 Å². The third kappa shape index (κ3) is 8.63. The normalized spacial score (nSPS) is 12.9. The van der Waals surface area contributed by atoms with E-state index in [1.54, 1.807) is 30.7 Å². The first-order chi connectivity index (χ1) is 20.0. The molecule has 0 radical (unpaired) electrons. The second kappa shape index (κ2) is 14.9. The van der Waals surface area contributed by atoms with E-state index in [9.17, 15) is 18.0 Å². The zero-order valence-corrected chi connectivity index (χ0v) is 24.9. The number of nitrogens with zero attached hydrogens (tertiary/aromatic N) is 4. The minimum absolute atomic E-state index is 0.0236. The van der Waals surface area contributed by atoms with E-state index in [4.69, 9.17) is 23.2 Å². The Bertz CT molecular complexity index is 1380. The van der Waals surface area contributed by atoms with Gasteiger partial charge in [0.15, 0.2) is 5.11 Å². The Kier molecular flexibility index (Phi) is 11.6. The molecule has 42 heavy (non-hydrogen) atoms. The molecule has 1 unspecified atom stereocenters. The van der Waals surface area contributed by atoms with Gasteiger partial charge in [0.05, 0.1) is 35.6 Å². The first kappa shape index (κ1) is 32.8. The third-order valence-corrected chi connectivity index (χ3v) is 7.52. The lowest BCUT2D eigenvalue weighted by atomic mass is 9.86. The maximum absolute atomic E-state index is 13.8. The number of aromatic nitrogens is 2. The van der Waals surface area contributed by atoms with Gasteiger partial charge in [-0.15, -0.1) is 0 Å². The molecule has 0 saturated carbocycles. The quantitative estimate of drug-likeness (QED) is 0.149. The standard InChI is InChI=1S/C31H37F3N6OS/c1-4-5-14-38-30(42)40(19-24-8-6-7-9-26(24)31(32,33)34)29(36)28(21(2)3)27(41)15-25-17-37-20-39(25)18-23-12-10-22(16-35)11-13-23/h6-13,17,20-21,28-29H,4-5,14-15,18-19,36H2,1-3H3,(H,38,42)/t28-,29?/m1/s1. The van der Waals surface area contributed by atoms with Crippen molar-refractivity contribution in [3.05, 3.63) is 89.0 Å². The van der Waals surface area contributed by atoms with Gasteiger partial charge in [-0.2, -0.15) is 18.4 Å². The van der Waals surface area contributed by atoms with Crippen molar-refractivity contribution in [3.63, 3.8) is 0 Å². The number of carbonyl (C=O) groups is 1. The van der Waals surface area contributed by atoms with Crippen molar-refractivity contribution in [3.8, 4) is 6.07 Å². The van der Waals surface area contributed by atoms with Gasteiger partial charge in [-0.1, -0.05) is 57.5 Å². The topological polar surface area (TPSA) is 100.0 Å². The Morgan fingerprint density at radius 2 is 1.88 bits per heavy atom. The van der Waals surface area contributed by atoms with Gasteiger partial charge in [-0.3, -0.25) is 4.79 Å². The fourth-order valence-electron chi connectivity index (χ4n) is 4.87. The minimum atomic E-state index is -4.55. The molecule has 0 aliphatic heterocycles. The second-order valence-corrected chi connectivity index (χ2v) is 11.0. The van der Waals surface area contributed by atoms with Crippen LogP contribution < -0.4 is 11.1 Å². The number of hydrogen-bond acceptors (Lipinski definition) is 5. The number of carbonyl (C=O) groups excluding carboxylic acids is 1. The second-order valence-electron chi connectivity index (χ2n) is 10.6. The van der Waals surface area contributed by atoms with Crippen molar-refractivity contribution >= 4 is 23.1 Å². The maximum Gasteiger partial charge on any atom is 0.416 e. The Morgan fingerprint density at radius 1 is 1.19 bits per heavy atom. The van der Waals surface area contributed by atoms with Gasteiger partial charge in [0.25, 0.3) is 0 Å². The molecule has 2 aromatic carbocycles. The van der Waals surface area contributed by atoms with E-state index in [0.29, 0.717) is 24.3 Å². The molecule has 3 N–H and O–H groups in total. The number of benzene rings is 2. The van der Waals surface area contributed by atoms with Crippen LogP contribution in [0.25, 0.3) is 0 Å². The summed E-state index contributed by atoms with van der Waals surface area (Å²) in [7, 11) is 0. The van der Waals surface area contributed by atoms with Gasteiger partial charge in [0.1, 0.15) is 5.78 Å². The molecule has 0 aliphatic rings. The summed E-state index contributed by atoms with van der Waals surface area (Å²) in [5.74, 6) is -1.11. The van der Waals surface area contributed by atoms with E-state index in [-0.39, 0.29) is 35.3 Å². The molecule has 224 valence electrons. The minimum Gasteiger partial charge on any atom is -0.363 e. The number of ketones is 1. The lowest BCUT2D eigenvalue weighted by molar-refractivity contribution is -0.138. The van der Waals surface area contributed by atoms with Crippen LogP contribution in [0.4, 0.5) is 13.2 Å². The SMILES string of the molecule is CCCCNC(=S)N(Cc1ccccc1C(F)(F)F)C(N)[C@@H](C(=O)Cc1cncn1Cc1ccc(C#N)cc1)C(C)C. The Labute approximate surface area is 250 Å². The van der Waals surface area contributed by atoms with Crippen molar-refractivity contribution in [2.75, 3.05) is 6.54 Å². The summed E-state index contributed by atoms with van der Waals surface area (Å²) in [5, 5.41) is 12.4. The van der Waals surface area contributed by atoms with E-state index < -0.39 is 23.8 Å². The summed E-state index contributed by atoms with van der Waals surface area (Å²) in [5.41, 5.74) is 8.17. The van der Waals surface area contributed by atoms with E-state index >= 15 is 0 Å². The van der Waals surface area contributed by atoms with E-state index in [1.807, 2.05) is 37.5 Å². The number of imidazole rings is 1. The van der Waals surface area contributed by atoms with Crippen molar-refractivity contribution < 1.29 is 18.0 Å². The molecule has 0 spiro atoms. The predicted molar refractivity (Wildman–Crippen MR) is 160 cm³/mol. The number of thiocarbonyl (C=S) groups is 1. The third-order valence-electron chi connectivity index (χ3n) is 7.14. The monoisotopic (exact) mass is 598 g/mol. The average Bonchev–Trinajstić information content (AvgIpc) is 3.37. The zero-order chi connectivity index (χ0) is 30.9. The molecule has 7 nitrogen and oxygen atoms in total. The number of nitrogens with one attached hydrogen (secondary N) is 1. The van der Waals surface area contributed by atoms with Crippen molar-refractivity contribution in [2.24, 2.45) is 17.6 Å². The largest absolute Gasteiger partial charge is 0.416 e. The van der Waals surface area contributed by atoms with Crippen LogP contribution in [0, 0.1) is 23.2 Å². The fraction of sp³-hybridized carbons (Fsp3) is 0.419. The summed E-state index contributed by atoms with van der Waals surface area (Å²) < 4.78 is 43.4. The van der Waals surface area contributed by atoms with Gasteiger partial charge in [0, 0.05) is 37.9 Å². The number of hydrogen-bond donors (Lipinski definition) is 2. The Balaban J connectivity index is 1.87. The zero-order valence-electron chi connectivity index (χ0n) is 24.1. The molecular weight excluding hydrogens is 561 g/mol. The van der Waals surface area contributed by atoms with Crippen molar-refractivity contribution in [1.29, 1.82) is 5.26 Å². The van der Waals surface area contributed by atoms with Crippen LogP contribution in [0.1, 0.15) is 61.6 Å². The molecular formula is C31H37F3N6OS. The molecule has 3 aromatic rings. The number of alkyl halides is 3. The van der Waals surface area contributed by atoms with Crippen LogP contribution in [-0.4, -0.2) is 38.1 Å². The number of nitriles is 1. The number of unbranched alkanes of at least 4 members (excludes halogenated alkanes) is 1. The molecule has 3 rings (SSSR count). The molecule has 1 aromatic heterocycles. The van der Waals surface area contributed by atoms with Gasteiger partial charge in [-0.25, -0.2) is 4.98 Å². The van der Waals surface area contributed by atoms with Crippen LogP contribution in [0.15, 0.2) is 61.1 Å². The Hall–Kier alpha value is -3.75. The highest BCUT2D eigenvalue weighted by Gasteiger charge is 2.37. The van der Waals surface area contributed by atoms with E-state index in [0.717, 1.165) is 24.5 Å². The predicted octanol–water partition coefficient (Wildman–Crippen LogP) is 5.67. The van der Waals surface area contributed by atoms with Gasteiger partial charge in [0.2, 0.25) is 0 Å². The Morgan fingerprint density at radius 3 is 2.50 bits per heavy atom. The van der Waals surface area contributed by atoms with Crippen LogP contribution in [0.2, 0.25) is 0 Å². The highest BCUT2D eigenvalue weighted by molar-refractivity contribution is 7.80. The number of halogens is 3. The van der Waals surface area contributed by atoms with Crippen LogP contribution in [0.3, 0.4) is 0 Å². The molecule has 11 heteroatoms. The van der Waals surface area contributed by atoms with Crippen molar-refractivity contribution in [2.45, 2.75) is 65.5 Å². The highest BCUT2D eigenvalue weighted by atomic mass is 32.1.